The predicted molar refractivity (Wildman–Crippen MR) is 94.6 cm³/mol. The highest BCUT2D eigenvalue weighted by Crippen LogP contribution is 2.21. The topological polar surface area (TPSA) is 15.9 Å². The highest BCUT2D eigenvalue weighted by atomic mass is 127. The summed E-state index contributed by atoms with van der Waals surface area (Å²) in [6.45, 7) is 6.18. The summed E-state index contributed by atoms with van der Waals surface area (Å²) in [5.74, 6) is 0. The molecule has 0 amide bonds. The maximum atomic E-state index is 3.50. The third kappa shape index (κ3) is 4.32. The molecular weight excluding hydrogens is 415 g/mol. The minimum absolute atomic E-state index is 0. The first kappa shape index (κ1) is 17.9. The fourth-order valence-corrected chi connectivity index (χ4v) is 3.79. The molecule has 0 saturated carbocycles. The molecule has 2 aromatic carbocycles. The molecule has 0 atom stereocenters. The second kappa shape index (κ2) is 8.45. The number of aromatic nitrogens is 1. The first-order chi connectivity index (χ1) is 10.8. The summed E-state index contributed by atoms with van der Waals surface area (Å²) in [6, 6.07) is 19.1. The first-order valence-electron chi connectivity index (χ1n) is 7.65. The van der Waals surface area contributed by atoms with Crippen molar-refractivity contribution in [2.24, 2.45) is 0 Å². The molecule has 0 saturated heterocycles. The van der Waals surface area contributed by atoms with Crippen LogP contribution in [0.3, 0.4) is 0 Å². The number of aryl methyl sites for hydroxylation is 1. The molecular formula is C19H21IN2S. The number of rotatable bonds is 5. The van der Waals surface area contributed by atoms with Crippen LogP contribution in [0.5, 0.6) is 0 Å². The van der Waals surface area contributed by atoms with Gasteiger partial charge in [0, 0.05) is 24.4 Å². The molecule has 0 aliphatic heterocycles. The number of hydrogen-bond acceptors (Lipinski definition) is 2. The van der Waals surface area contributed by atoms with Crippen LogP contribution in [-0.4, -0.2) is 0 Å². The average molecular weight is 436 g/mol. The zero-order valence-electron chi connectivity index (χ0n) is 13.4. The Morgan fingerprint density at radius 1 is 1.09 bits per heavy atom. The van der Waals surface area contributed by atoms with Crippen molar-refractivity contribution < 1.29 is 28.5 Å². The molecule has 1 N–H and O–H groups in total. The van der Waals surface area contributed by atoms with Crippen molar-refractivity contribution in [2.75, 3.05) is 0 Å². The minimum atomic E-state index is 0. The van der Waals surface area contributed by atoms with E-state index in [-0.39, 0.29) is 24.0 Å². The van der Waals surface area contributed by atoms with Gasteiger partial charge in [0.15, 0.2) is 0 Å². The summed E-state index contributed by atoms with van der Waals surface area (Å²) in [5.41, 5.74) is 3.81. The van der Waals surface area contributed by atoms with Crippen molar-refractivity contribution in [1.82, 2.24) is 5.32 Å². The second-order valence-electron chi connectivity index (χ2n) is 5.32. The summed E-state index contributed by atoms with van der Waals surface area (Å²) >= 11 is 1.85. The highest BCUT2D eigenvalue weighted by molar-refractivity contribution is 7.18. The molecule has 1 heterocycles. The molecule has 0 spiro atoms. The standard InChI is InChI=1S/C19H20N2S.HI/c1-3-21-17-11-7-8-12-18(17)22-19(21)13-15(2)20-14-16-9-5-4-6-10-16;/h4-13H,3,14H2,1-2H3;1H. The van der Waals surface area contributed by atoms with Gasteiger partial charge in [-0.2, -0.15) is 4.57 Å². The fourth-order valence-electron chi connectivity index (χ4n) is 2.56. The third-order valence-electron chi connectivity index (χ3n) is 3.71. The van der Waals surface area contributed by atoms with Gasteiger partial charge in [0.2, 0.25) is 5.52 Å². The van der Waals surface area contributed by atoms with Crippen LogP contribution in [0.2, 0.25) is 0 Å². The number of para-hydroxylation sites is 1. The molecule has 3 aromatic rings. The van der Waals surface area contributed by atoms with Gasteiger partial charge < -0.3 is 29.3 Å². The lowest BCUT2D eigenvalue weighted by molar-refractivity contribution is -0.665. The summed E-state index contributed by atoms with van der Waals surface area (Å²) in [6.07, 6.45) is 2.25. The van der Waals surface area contributed by atoms with E-state index < -0.39 is 0 Å². The van der Waals surface area contributed by atoms with E-state index in [0.717, 1.165) is 13.1 Å². The molecule has 0 bridgehead atoms. The van der Waals surface area contributed by atoms with Gasteiger partial charge >= 0.3 is 0 Å². The zero-order chi connectivity index (χ0) is 15.4. The van der Waals surface area contributed by atoms with Gasteiger partial charge in [-0.25, -0.2) is 0 Å². The predicted octanol–water partition coefficient (Wildman–Crippen LogP) is 1.36. The third-order valence-corrected chi connectivity index (χ3v) is 4.82. The van der Waals surface area contributed by atoms with E-state index in [1.54, 1.807) is 0 Å². The van der Waals surface area contributed by atoms with Gasteiger partial charge in [-0.3, -0.25) is 0 Å². The second-order valence-corrected chi connectivity index (χ2v) is 6.38. The monoisotopic (exact) mass is 436 g/mol. The summed E-state index contributed by atoms with van der Waals surface area (Å²) < 4.78 is 3.71. The molecule has 0 unspecified atom stereocenters. The van der Waals surface area contributed by atoms with E-state index in [1.807, 2.05) is 17.4 Å². The molecule has 23 heavy (non-hydrogen) atoms. The van der Waals surface area contributed by atoms with Gasteiger partial charge in [0.1, 0.15) is 11.2 Å². The molecule has 120 valence electrons. The van der Waals surface area contributed by atoms with E-state index in [0.29, 0.717) is 0 Å². The Bertz CT molecular complexity index is 793. The number of thiazole rings is 1. The van der Waals surface area contributed by atoms with E-state index >= 15 is 0 Å². The van der Waals surface area contributed by atoms with Crippen LogP contribution < -0.4 is 33.9 Å². The van der Waals surface area contributed by atoms with Crippen LogP contribution in [0.25, 0.3) is 16.3 Å². The van der Waals surface area contributed by atoms with Crippen LogP contribution in [-0.2, 0) is 13.1 Å². The normalized spacial score (nSPS) is 11.3. The number of nitrogens with zero attached hydrogens (tertiary/aromatic N) is 1. The van der Waals surface area contributed by atoms with Crippen molar-refractivity contribution in [3.05, 3.63) is 70.9 Å². The van der Waals surface area contributed by atoms with E-state index in [2.05, 4.69) is 78.3 Å². The summed E-state index contributed by atoms with van der Waals surface area (Å²) in [4.78, 5) is 0. The molecule has 4 heteroatoms. The Balaban J connectivity index is 0.00000192. The van der Waals surface area contributed by atoms with E-state index in [4.69, 9.17) is 0 Å². The van der Waals surface area contributed by atoms with Gasteiger partial charge in [0.05, 0.1) is 0 Å². The van der Waals surface area contributed by atoms with Crippen LogP contribution in [0.15, 0.2) is 60.3 Å². The van der Waals surface area contributed by atoms with Crippen molar-refractivity contribution in [3.8, 4) is 0 Å². The van der Waals surface area contributed by atoms with E-state index in [1.165, 1.54) is 26.5 Å². The number of nitrogens with one attached hydrogen (secondary N) is 1. The van der Waals surface area contributed by atoms with Gasteiger partial charge in [0.25, 0.3) is 5.01 Å². The van der Waals surface area contributed by atoms with Crippen LogP contribution >= 0.6 is 11.3 Å². The number of halogens is 1. The van der Waals surface area contributed by atoms with Crippen LogP contribution in [0, 0.1) is 0 Å². The largest absolute Gasteiger partial charge is 1.00 e. The number of allylic oxidation sites excluding steroid dienone is 1. The van der Waals surface area contributed by atoms with E-state index in [9.17, 15) is 0 Å². The summed E-state index contributed by atoms with van der Waals surface area (Å²) in [5, 5.41) is 4.79. The quantitative estimate of drug-likeness (QED) is 0.472. The maximum absolute atomic E-state index is 3.50. The lowest BCUT2D eigenvalue weighted by Crippen LogP contribution is -3.00. The van der Waals surface area contributed by atoms with Crippen molar-refractivity contribution >= 4 is 27.6 Å². The molecule has 0 aliphatic carbocycles. The Morgan fingerprint density at radius 2 is 1.78 bits per heavy atom. The zero-order valence-corrected chi connectivity index (χ0v) is 16.4. The van der Waals surface area contributed by atoms with Crippen LogP contribution in [0.4, 0.5) is 0 Å². The summed E-state index contributed by atoms with van der Waals surface area (Å²) in [7, 11) is 0. The lowest BCUT2D eigenvalue weighted by atomic mass is 10.2. The fraction of sp³-hybridized carbons (Fsp3) is 0.211. The SMILES string of the molecule is CC[n+]1c(/C=C(\C)NCc2ccccc2)sc2ccccc21.[I-]. The Kier molecular flexibility index (Phi) is 6.59. The molecule has 0 fully saturated rings. The van der Waals surface area contributed by atoms with Gasteiger partial charge in [-0.15, -0.1) is 0 Å². The van der Waals surface area contributed by atoms with Gasteiger partial charge in [-0.1, -0.05) is 53.8 Å². The van der Waals surface area contributed by atoms with Crippen molar-refractivity contribution in [3.63, 3.8) is 0 Å². The molecule has 3 rings (SSSR count). The van der Waals surface area contributed by atoms with Crippen molar-refractivity contribution in [1.29, 1.82) is 0 Å². The minimum Gasteiger partial charge on any atom is -1.00 e. The smallest absolute Gasteiger partial charge is 0.264 e. The average Bonchev–Trinajstić information content (AvgIpc) is 2.91. The number of fused-ring (bicyclic) bond motifs is 1. The number of hydrogen-bond donors (Lipinski definition) is 1. The molecule has 1 aromatic heterocycles. The Morgan fingerprint density at radius 3 is 2.52 bits per heavy atom. The number of benzene rings is 2. The Hall–Kier alpha value is -1.40. The lowest BCUT2D eigenvalue weighted by Gasteiger charge is -2.05. The Labute approximate surface area is 158 Å². The molecule has 2 nitrogen and oxygen atoms in total. The maximum Gasteiger partial charge on any atom is 0.264 e. The molecule has 0 radical (unpaired) electrons. The first-order valence-corrected chi connectivity index (χ1v) is 8.47. The van der Waals surface area contributed by atoms with Crippen molar-refractivity contribution in [2.45, 2.75) is 26.9 Å². The van der Waals surface area contributed by atoms with Crippen LogP contribution in [0.1, 0.15) is 24.4 Å². The molecule has 0 aliphatic rings. The van der Waals surface area contributed by atoms with Gasteiger partial charge in [-0.05, 0) is 25.5 Å². The highest BCUT2D eigenvalue weighted by Gasteiger charge is 2.16.